The number of hydrogen-bond acceptors (Lipinski definition) is 4. The third-order valence-corrected chi connectivity index (χ3v) is 4.89. The average molecular weight is 380 g/mol. The fourth-order valence-electron chi connectivity index (χ4n) is 3.18. The van der Waals surface area contributed by atoms with E-state index in [0.29, 0.717) is 11.3 Å². The molecule has 0 radical (unpaired) electrons. The van der Waals surface area contributed by atoms with Crippen molar-refractivity contribution in [1.82, 2.24) is 4.98 Å². The first-order valence-electron chi connectivity index (χ1n) is 9.00. The molecule has 1 amide bonds. The molecule has 2 aromatic carbocycles. The van der Waals surface area contributed by atoms with E-state index in [0.717, 1.165) is 27.7 Å². The van der Waals surface area contributed by atoms with Gasteiger partial charge in [0.1, 0.15) is 12.4 Å². The molecule has 3 rings (SSSR count). The molecule has 146 valence electrons. The number of pyridine rings is 1. The Morgan fingerprint density at radius 2 is 1.89 bits per heavy atom. The number of benzene rings is 2. The Kier molecular flexibility index (Phi) is 5.80. The quantitative estimate of drug-likeness (QED) is 0.712. The summed E-state index contributed by atoms with van der Waals surface area (Å²) in [4.78, 5) is 29.9. The van der Waals surface area contributed by atoms with E-state index in [1.54, 1.807) is 30.2 Å². The standard InChI is InChI=1S/C22H24N2O4/c1-14-6-5-7-20(15(14)2)24(21(25)13-27-3)12-17-10-16-11-18(28-4)8-9-19(16)23-22(17)26/h5-11H,12-13H2,1-4H3,(H,23,26). The number of aromatic amines is 1. The molecule has 1 aromatic heterocycles. The SMILES string of the molecule is COCC(=O)N(Cc1cc2cc(OC)ccc2[nH]c1=O)c1cccc(C)c1C. The molecule has 1 heterocycles. The summed E-state index contributed by atoms with van der Waals surface area (Å²) in [6.07, 6.45) is 0. The minimum absolute atomic E-state index is 0.0628. The van der Waals surface area contributed by atoms with Gasteiger partial charge in [-0.3, -0.25) is 9.59 Å². The van der Waals surface area contributed by atoms with E-state index >= 15 is 0 Å². The smallest absolute Gasteiger partial charge is 0.253 e. The summed E-state index contributed by atoms with van der Waals surface area (Å²) in [6, 6.07) is 13.0. The first-order chi connectivity index (χ1) is 13.4. The molecule has 6 heteroatoms. The summed E-state index contributed by atoms with van der Waals surface area (Å²) >= 11 is 0. The summed E-state index contributed by atoms with van der Waals surface area (Å²) in [7, 11) is 3.08. The summed E-state index contributed by atoms with van der Waals surface area (Å²) in [5.41, 5.74) is 3.82. The largest absolute Gasteiger partial charge is 0.497 e. The Labute approximate surface area is 163 Å². The predicted octanol–water partition coefficient (Wildman–Crippen LogP) is 3.33. The van der Waals surface area contributed by atoms with Crippen LogP contribution in [0.4, 0.5) is 5.69 Å². The van der Waals surface area contributed by atoms with Crippen molar-refractivity contribution in [3.05, 3.63) is 69.5 Å². The van der Waals surface area contributed by atoms with Crippen LogP contribution in [-0.4, -0.2) is 31.7 Å². The van der Waals surface area contributed by atoms with Crippen LogP contribution >= 0.6 is 0 Å². The van der Waals surface area contributed by atoms with Crippen LogP contribution in [0, 0.1) is 13.8 Å². The maximum Gasteiger partial charge on any atom is 0.253 e. The molecule has 0 bridgehead atoms. The van der Waals surface area contributed by atoms with Crippen LogP contribution in [0.2, 0.25) is 0 Å². The molecule has 0 aliphatic heterocycles. The van der Waals surface area contributed by atoms with Crippen LogP contribution in [0.3, 0.4) is 0 Å². The Bertz CT molecular complexity index is 1070. The second-order valence-corrected chi connectivity index (χ2v) is 6.71. The third kappa shape index (κ3) is 3.92. The summed E-state index contributed by atoms with van der Waals surface area (Å²) in [5, 5.41) is 0.842. The molecular formula is C22H24N2O4. The third-order valence-electron chi connectivity index (χ3n) is 4.89. The van der Waals surface area contributed by atoms with Crippen molar-refractivity contribution in [3.8, 4) is 5.75 Å². The van der Waals surface area contributed by atoms with Gasteiger partial charge in [0.15, 0.2) is 0 Å². The number of amides is 1. The van der Waals surface area contributed by atoms with Gasteiger partial charge in [0, 0.05) is 29.3 Å². The fraction of sp³-hybridized carbons (Fsp3) is 0.273. The fourth-order valence-corrected chi connectivity index (χ4v) is 3.18. The van der Waals surface area contributed by atoms with Crippen molar-refractivity contribution >= 4 is 22.5 Å². The lowest BCUT2D eigenvalue weighted by atomic mass is 10.1. The highest BCUT2D eigenvalue weighted by atomic mass is 16.5. The summed E-state index contributed by atoms with van der Waals surface area (Å²) in [5.74, 6) is 0.494. The lowest BCUT2D eigenvalue weighted by Crippen LogP contribution is -2.35. The lowest BCUT2D eigenvalue weighted by molar-refractivity contribution is -0.122. The van der Waals surface area contributed by atoms with E-state index in [2.05, 4.69) is 4.98 Å². The van der Waals surface area contributed by atoms with Crippen molar-refractivity contribution in [2.75, 3.05) is 25.7 Å². The number of rotatable bonds is 6. The number of fused-ring (bicyclic) bond motifs is 1. The van der Waals surface area contributed by atoms with Gasteiger partial charge in [0.2, 0.25) is 0 Å². The molecular weight excluding hydrogens is 356 g/mol. The molecule has 0 unspecified atom stereocenters. The van der Waals surface area contributed by atoms with E-state index < -0.39 is 0 Å². The number of anilines is 1. The number of methoxy groups -OCH3 is 2. The van der Waals surface area contributed by atoms with Crippen LogP contribution < -0.4 is 15.2 Å². The van der Waals surface area contributed by atoms with Crippen LogP contribution in [0.25, 0.3) is 10.9 Å². The average Bonchev–Trinajstić information content (AvgIpc) is 2.68. The minimum Gasteiger partial charge on any atom is -0.497 e. The van der Waals surface area contributed by atoms with Gasteiger partial charge in [-0.1, -0.05) is 12.1 Å². The molecule has 0 fully saturated rings. The molecule has 0 aliphatic rings. The van der Waals surface area contributed by atoms with Crippen molar-refractivity contribution in [2.45, 2.75) is 20.4 Å². The topological polar surface area (TPSA) is 71.6 Å². The molecule has 0 aliphatic carbocycles. The van der Waals surface area contributed by atoms with E-state index in [-0.39, 0.29) is 24.6 Å². The van der Waals surface area contributed by atoms with Crippen LogP contribution in [-0.2, 0) is 16.1 Å². The van der Waals surface area contributed by atoms with Crippen molar-refractivity contribution in [2.24, 2.45) is 0 Å². The molecule has 0 spiro atoms. The Hall–Kier alpha value is -3.12. The number of nitrogens with zero attached hydrogens (tertiary/aromatic N) is 1. The Morgan fingerprint density at radius 1 is 1.11 bits per heavy atom. The van der Waals surface area contributed by atoms with Crippen LogP contribution in [0.5, 0.6) is 5.75 Å². The number of aryl methyl sites for hydroxylation is 1. The summed E-state index contributed by atoms with van der Waals surface area (Å²) < 4.78 is 10.3. The molecule has 1 N–H and O–H groups in total. The molecule has 0 atom stereocenters. The number of H-pyrrole nitrogens is 1. The maximum absolute atomic E-state index is 12.8. The van der Waals surface area contributed by atoms with Gasteiger partial charge in [-0.15, -0.1) is 0 Å². The van der Waals surface area contributed by atoms with Crippen LogP contribution in [0.15, 0.2) is 47.3 Å². The highest BCUT2D eigenvalue weighted by molar-refractivity contribution is 5.95. The van der Waals surface area contributed by atoms with Gasteiger partial charge >= 0.3 is 0 Å². The van der Waals surface area contributed by atoms with Gasteiger partial charge in [-0.2, -0.15) is 0 Å². The zero-order valence-electron chi connectivity index (χ0n) is 16.5. The van der Waals surface area contributed by atoms with E-state index in [1.165, 1.54) is 7.11 Å². The molecule has 28 heavy (non-hydrogen) atoms. The number of carbonyl (C=O) groups is 1. The van der Waals surface area contributed by atoms with Crippen molar-refractivity contribution in [1.29, 1.82) is 0 Å². The minimum atomic E-state index is -0.224. The number of hydrogen-bond donors (Lipinski definition) is 1. The first kappa shape index (κ1) is 19.6. The van der Waals surface area contributed by atoms with Gasteiger partial charge in [-0.05, 0) is 55.3 Å². The Balaban J connectivity index is 2.07. The lowest BCUT2D eigenvalue weighted by Gasteiger charge is -2.25. The highest BCUT2D eigenvalue weighted by Crippen LogP contribution is 2.25. The number of ether oxygens (including phenoxy) is 2. The number of carbonyl (C=O) groups excluding carboxylic acids is 1. The second-order valence-electron chi connectivity index (χ2n) is 6.71. The number of aromatic nitrogens is 1. The van der Waals surface area contributed by atoms with Gasteiger partial charge in [-0.25, -0.2) is 0 Å². The first-order valence-corrected chi connectivity index (χ1v) is 9.00. The maximum atomic E-state index is 12.8. The zero-order chi connectivity index (χ0) is 20.3. The molecule has 6 nitrogen and oxygen atoms in total. The molecule has 0 saturated heterocycles. The monoisotopic (exact) mass is 380 g/mol. The van der Waals surface area contributed by atoms with Gasteiger partial charge in [0.25, 0.3) is 11.5 Å². The highest BCUT2D eigenvalue weighted by Gasteiger charge is 2.20. The van der Waals surface area contributed by atoms with E-state index in [1.807, 2.05) is 38.1 Å². The number of nitrogens with one attached hydrogen (secondary N) is 1. The van der Waals surface area contributed by atoms with E-state index in [4.69, 9.17) is 9.47 Å². The predicted molar refractivity (Wildman–Crippen MR) is 110 cm³/mol. The second kappa shape index (κ2) is 8.27. The molecule has 3 aromatic rings. The van der Waals surface area contributed by atoms with Gasteiger partial charge in [0.05, 0.1) is 13.7 Å². The summed E-state index contributed by atoms with van der Waals surface area (Å²) in [6.45, 7) is 4.04. The normalized spacial score (nSPS) is 10.9. The zero-order valence-corrected chi connectivity index (χ0v) is 16.5. The van der Waals surface area contributed by atoms with Gasteiger partial charge < -0.3 is 19.4 Å². The van der Waals surface area contributed by atoms with Crippen LogP contribution in [0.1, 0.15) is 16.7 Å². The van der Waals surface area contributed by atoms with Crippen molar-refractivity contribution < 1.29 is 14.3 Å². The molecule has 0 saturated carbocycles. The van der Waals surface area contributed by atoms with E-state index in [9.17, 15) is 9.59 Å². The van der Waals surface area contributed by atoms with Crippen molar-refractivity contribution in [3.63, 3.8) is 0 Å². The Morgan fingerprint density at radius 3 is 2.61 bits per heavy atom.